The fraction of sp³-hybridized carbons (Fsp3) is 0.933. The van der Waals surface area contributed by atoms with Crippen molar-refractivity contribution in [1.82, 2.24) is 10.6 Å². The van der Waals surface area contributed by atoms with Gasteiger partial charge in [-0.25, -0.2) is 0 Å². The second-order valence-electron chi connectivity index (χ2n) is 6.14. The number of nitrogens with one attached hydrogen (secondary N) is 2. The predicted octanol–water partition coefficient (Wildman–Crippen LogP) is 1.70. The molecule has 4 heteroatoms. The van der Waals surface area contributed by atoms with Crippen LogP contribution in [-0.2, 0) is 9.53 Å². The van der Waals surface area contributed by atoms with Crippen LogP contribution in [0.3, 0.4) is 0 Å². The van der Waals surface area contributed by atoms with Gasteiger partial charge in [-0.15, -0.1) is 0 Å². The zero-order valence-electron chi connectivity index (χ0n) is 12.3. The summed E-state index contributed by atoms with van der Waals surface area (Å²) in [6.45, 7) is 6.39. The van der Waals surface area contributed by atoms with Gasteiger partial charge in [0.1, 0.15) is 6.04 Å². The highest BCUT2D eigenvalue weighted by Crippen LogP contribution is 2.31. The molecule has 0 spiro atoms. The fourth-order valence-electron chi connectivity index (χ4n) is 3.26. The molecule has 1 aliphatic heterocycles. The van der Waals surface area contributed by atoms with E-state index in [4.69, 9.17) is 4.74 Å². The average molecular weight is 268 g/mol. The molecule has 110 valence electrons. The van der Waals surface area contributed by atoms with E-state index in [1.807, 2.05) is 0 Å². The van der Waals surface area contributed by atoms with Crippen molar-refractivity contribution in [2.75, 3.05) is 19.8 Å². The third-order valence-corrected chi connectivity index (χ3v) is 4.79. The van der Waals surface area contributed by atoms with Crippen LogP contribution in [0.2, 0.25) is 0 Å². The Morgan fingerprint density at radius 1 is 1.26 bits per heavy atom. The van der Waals surface area contributed by atoms with Gasteiger partial charge in [0.2, 0.25) is 5.91 Å². The Bertz CT molecular complexity index is 284. The number of morpholine rings is 1. The Kier molecular flexibility index (Phi) is 5.64. The van der Waals surface area contributed by atoms with Crippen LogP contribution in [0.4, 0.5) is 0 Å². The molecule has 1 saturated heterocycles. The lowest BCUT2D eigenvalue weighted by Crippen LogP contribution is -2.54. The number of hydrogen-bond donors (Lipinski definition) is 2. The molecule has 2 aliphatic rings. The van der Waals surface area contributed by atoms with Crippen molar-refractivity contribution in [1.29, 1.82) is 0 Å². The minimum absolute atomic E-state index is 0.0925. The average Bonchev–Trinajstić information content (AvgIpc) is 2.48. The van der Waals surface area contributed by atoms with Crippen molar-refractivity contribution >= 4 is 5.91 Å². The van der Waals surface area contributed by atoms with Crippen LogP contribution in [0.5, 0.6) is 0 Å². The van der Waals surface area contributed by atoms with Crippen molar-refractivity contribution in [2.45, 2.75) is 58.0 Å². The van der Waals surface area contributed by atoms with E-state index in [1.165, 1.54) is 32.1 Å². The first-order valence-electron chi connectivity index (χ1n) is 7.80. The van der Waals surface area contributed by atoms with Crippen LogP contribution in [0, 0.1) is 11.8 Å². The molecule has 4 nitrogen and oxygen atoms in total. The molecule has 3 atom stereocenters. The third kappa shape index (κ3) is 4.18. The molecule has 0 aromatic carbocycles. The van der Waals surface area contributed by atoms with Crippen LogP contribution < -0.4 is 10.6 Å². The summed E-state index contributed by atoms with van der Waals surface area (Å²) in [5.41, 5.74) is 0. The molecule has 2 fully saturated rings. The first-order chi connectivity index (χ1) is 9.18. The summed E-state index contributed by atoms with van der Waals surface area (Å²) >= 11 is 0. The van der Waals surface area contributed by atoms with Gasteiger partial charge in [-0.2, -0.15) is 0 Å². The summed E-state index contributed by atoms with van der Waals surface area (Å²) in [7, 11) is 0. The molecule has 0 bridgehead atoms. The quantitative estimate of drug-likeness (QED) is 0.816. The molecule has 2 N–H and O–H groups in total. The van der Waals surface area contributed by atoms with Gasteiger partial charge in [0.15, 0.2) is 0 Å². The molecule has 2 rings (SSSR count). The Balaban J connectivity index is 1.78. The van der Waals surface area contributed by atoms with Gasteiger partial charge in [0.05, 0.1) is 13.2 Å². The third-order valence-electron chi connectivity index (χ3n) is 4.79. The number of carbonyl (C=O) groups excluding carboxylic acids is 1. The van der Waals surface area contributed by atoms with Crippen molar-refractivity contribution in [3.05, 3.63) is 0 Å². The van der Waals surface area contributed by atoms with Gasteiger partial charge in [-0.3, -0.25) is 4.79 Å². The highest BCUT2D eigenvalue weighted by atomic mass is 16.5. The van der Waals surface area contributed by atoms with Gasteiger partial charge in [-0.05, 0) is 18.8 Å². The Labute approximate surface area is 116 Å². The Hall–Kier alpha value is -0.610. The summed E-state index contributed by atoms with van der Waals surface area (Å²) in [5, 5.41) is 6.37. The van der Waals surface area contributed by atoms with Crippen LogP contribution >= 0.6 is 0 Å². The largest absolute Gasteiger partial charge is 0.378 e. The number of carbonyl (C=O) groups is 1. The second kappa shape index (κ2) is 7.25. The van der Waals surface area contributed by atoms with E-state index in [0.29, 0.717) is 19.1 Å². The molecule has 1 heterocycles. The minimum Gasteiger partial charge on any atom is -0.378 e. The zero-order chi connectivity index (χ0) is 13.7. The maximum absolute atomic E-state index is 12.1. The predicted molar refractivity (Wildman–Crippen MR) is 76.0 cm³/mol. The van der Waals surface area contributed by atoms with E-state index >= 15 is 0 Å². The molecule has 0 radical (unpaired) electrons. The number of ether oxygens (including phenoxy) is 1. The van der Waals surface area contributed by atoms with E-state index in [1.54, 1.807) is 0 Å². The monoisotopic (exact) mass is 268 g/mol. The normalized spacial score (nSPS) is 28.6. The highest BCUT2D eigenvalue weighted by molar-refractivity contribution is 5.82. The first kappa shape index (κ1) is 14.8. The summed E-state index contributed by atoms with van der Waals surface area (Å²) in [6, 6.07) is 0.0779. The van der Waals surface area contributed by atoms with Gasteiger partial charge in [0, 0.05) is 12.6 Å². The Morgan fingerprint density at radius 3 is 2.63 bits per heavy atom. The summed E-state index contributed by atoms with van der Waals surface area (Å²) in [5.74, 6) is 1.43. The van der Waals surface area contributed by atoms with Gasteiger partial charge >= 0.3 is 0 Å². The van der Waals surface area contributed by atoms with Crippen LogP contribution in [0.25, 0.3) is 0 Å². The molecule has 1 amide bonds. The topological polar surface area (TPSA) is 50.4 Å². The molecule has 19 heavy (non-hydrogen) atoms. The van der Waals surface area contributed by atoms with Crippen molar-refractivity contribution in [3.63, 3.8) is 0 Å². The van der Waals surface area contributed by atoms with E-state index in [9.17, 15) is 4.79 Å². The highest BCUT2D eigenvalue weighted by Gasteiger charge is 2.28. The molecule has 1 saturated carbocycles. The zero-order valence-corrected chi connectivity index (χ0v) is 12.3. The van der Waals surface area contributed by atoms with E-state index in [-0.39, 0.29) is 18.0 Å². The molecular formula is C15H28N2O2. The van der Waals surface area contributed by atoms with Gasteiger partial charge in [-0.1, -0.05) is 39.0 Å². The molecule has 0 aromatic rings. The summed E-state index contributed by atoms with van der Waals surface area (Å²) in [4.78, 5) is 12.1. The lowest BCUT2D eigenvalue weighted by atomic mass is 9.78. The summed E-state index contributed by atoms with van der Waals surface area (Å²) in [6.07, 6.45) is 6.74. The molecule has 0 unspecified atom stereocenters. The molecule has 0 aromatic heterocycles. The van der Waals surface area contributed by atoms with E-state index in [0.717, 1.165) is 12.5 Å². The molecular weight excluding hydrogens is 240 g/mol. The maximum atomic E-state index is 12.1. The van der Waals surface area contributed by atoms with Crippen molar-refractivity contribution in [3.8, 4) is 0 Å². The standard InChI is InChI=1S/C15H28N2O2/c1-11(13-6-4-3-5-7-13)12(2)17-15(18)14-10-19-9-8-16-14/h11-14,16H,3-10H2,1-2H3,(H,17,18)/t11-,12-,14-/m0/s1. The lowest BCUT2D eigenvalue weighted by molar-refractivity contribution is -0.127. The van der Waals surface area contributed by atoms with Crippen molar-refractivity contribution in [2.24, 2.45) is 11.8 Å². The summed E-state index contributed by atoms with van der Waals surface area (Å²) < 4.78 is 5.34. The maximum Gasteiger partial charge on any atom is 0.239 e. The minimum atomic E-state index is -0.172. The number of hydrogen-bond acceptors (Lipinski definition) is 3. The lowest BCUT2D eigenvalue weighted by Gasteiger charge is -2.33. The second-order valence-corrected chi connectivity index (χ2v) is 6.14. The first-order valence-corrected chi connectivity index (χ1v) is 7.80. The van der Waals surface area contributed by atoms with Crippen LogP contribution in [0.15, 0.2) is 0 Å². The van der Waals surface area contributed by atoms with E-state index < -0.39 is 0 Å². The SMILES string of the molecule is C[C@H](NC(=O)[C@@H]1COCCN1)[C@H](C)C1CCCCC1. The van der Waals surface area contributed by atoms with Crippen LogP contribution in [0.1, 0.15) is 46.0 Å². The van der Waals surface area contributed by atoms with Crippen LogP contribution in [-0.4, -0.2) is 37.7 Å². The smallest absolute Gasteiger partial charge is 0.239 e. The van der Waals surface area contributed by atoms with Crippen molar-refractivity contribution < 1.29 is 9.53 Å². The van der Waals surface area contributed by atoms with Gasteiger partial charge in [0.25, 0.3) is 0 Å². The Morgan fingerprint density at radius 2 is 2.00 bits per heavy atom. The fourth-order valence-corrected chi connectivity index (χ4v) is 3.26. The molecule has 1 aliphatic carbocycles. The number of amides is 1. The van der Waals surface area contributed by atoms with Gasteiger partial charge < -0.3 is 15.4 Å². The van der Waals surface area contributed by atoms with E-state index in [2.05, 4.69) is 24.5 Å². The number of rotatable bonds is 4.